The number of thiophene rings is 1. The number of ether oxygens (including phenoxy) is 1. The standard InChI is InChI=1S/C22H24N2O4S2/c1-15-12-16(2)22(17(3)13-15)23-20(25)14-28-19-9-7-18(8-10-19)24(4)30(26,27)21-6-5-11-29-21/h5-13H,14H2,1-4H3,(H,23,25). The highest BCUT2D eigenvalue weighted by Gasteiger charge is 2.22. The molecule has 0 radical (unpaired) electrons. The van der Waals surface area contributed by atoms with Gasteiger partial charge in [0, 0.05) is 12.7 Å². The maximum Gasteiger partial charge on any atom is 0.273 e. The van der Waals surface area contributed by atoms with Crippen LogP contribution in [0.15, 0.2) is 58.1 Å². The van der Waals surface area contributed by atoms with E-state index in [1.807, 2.05) is 32.9 Å². The summed E-state index contributed by atoms with van der Waals surface area (Å²) in [7, 11) is -2.08. The molecule has 3 rings (SSSR count). The van der Waals surface area contributed by atoms with Crippen LogP contribution in [0.3, 0.4) is 0 Å². The van der Waals surface area contributed by atoms with Gasteiger partial charge in [-0.15, -0.1) is 11.3 Å². The molecular weight excluding hydrogens is 420 g/mol. The van der Waals surface area contributed by atoms with E-state index in [1.165, 1.54) is 22.7 Å². The fraction of sp³-hybridized carbons (Fsp3) is 0.227. The molecule has 6 nitrogen and oxygen atoms in total. The quantitative estimate of drug-likeness (QED) is 0.582. The molecule has 8 heteroatoms. The van der Waals surface area contributed by atoms with Crippen molar-refractivity contribution < 1.29 is 17.9 Å². The van der Waals surface area contributed by atoms with Gasteiger partial charge in [-0.25, -0.2) is 8.42 Å². The van der Waals surface area contributed by atoms with Gasteiger partial charge in [0.25, 0.3) is 15.9 Å². The molecule has 0 saturated heterocycles. The molecule has 0 spiro atoms. The van der Waals surface area contributed by atoms with E-state index in [9.17, 15) is 13.2 Å². The Hall–Kier alpha value is -2.84. The smallest absolute Gasteiger partial charge is 0.273 e. The lowest BCUT2D eigenvalue weighted by molar-refractivity contribution is -0.118. The second-order valence-corrected chi connectivity index (χ2v) is 10.2. The summed E-state index contributed by atoms with van der Waals surface area (Å²) in [4.78, 5) is 12.3. The Balaban J connectivity index is 1.62. The predicted octanol–water partition coefficient (Wildman–Crippen LogP) is 4.52. The number of anilines is 2. The number of amides is 1. The summed E-state index contributed by atoms with van der Waals surface area (Å²) in [6.07, 6.45) is 0. The molecule has 158 valence electrons. The maximum atomic E-state index is 12.6. The minimum Gasteiger partial charge on any atom is -0.484 e. The summed E-state index contributed by atoms with van der Waals surface area (Å²) >= 11 is 1.17. The highest BCUT2D eigenvalue weighted by atomic mass is 32.2. The Kier molecular flexibility index (Phi) is 6.48. The summed E-state index contributed by atoms with van der Waals surface area (Å²) in [5.74, 6) is 0.222. The molecule has 30 heavy (non-hydrogen) atoms. The van der Waals surface area contributed by atoms with Crippen molar-refractivity contribution in [1.29, 1.82) is 0 Å². The van der Waals surface area contributed by atoms with Gasteiger partial charge in [0.2, 0.25) is 0 Å². The largest absolute Gasteiger partial charge is 0.484 e. The predicted molar refractivity (Wildman–Crippen MR) is 121 cm³/mol. The Labute approximate surface area is 181 Å². The van der Waals surface area contributed by atoms with E-state index in [0.29, 0.717) is 11.4 Å². The Bertz CT molecular complexity index is 1120. The topological polar surface area (TPSA) is 75.7 Å². The molecule has 0 unspecified atom stereocenters. The first-order valence-corrected chi connectivity index (χ1v) is 11.6. The van der Waals surface area contributed by atoms with Crippen LogP contribution in [-0.4, -0.2) is 28.0 Å². The normalized spacial score (nSPS) is 11.2. The zero-order valence-corrected chi connectivity index (χ0v) is 18.9. The minimum absolute atomic E-state index is 0.143. The van der Waals surface area contributed by atoms with Crippen LogP contribution in [-0.2, 0) is 14.8 Å². The number of nitrogens with zero attached hydrogens (tertiary/aromatic N) is 1. The van der Waals surface area contributed by atoms with Crippen LogP contribution in [0.2, 0.25) is 0 Å². The van der Waals surface area contributed by atoms with E-state index in [1.54, 1.807) is 41.8 Å². The fourth-order valence-electron chi connectivity index (χ4n) is 3.14. The first-order chi connectivity index (χ1) is 14.2. The SMILES string of the molecule is Cc1cc(C)c(NC(=O)COc2ccc(N(C)S(=O)(=O)c3cccs3)cc2)c(C)c1. The van der Waals surface area contributed by atoms with Crippen molar-refractivity contribution in [1.82, 2.24) is 0 Å². The molecule has 0 atom stereocenters. The average molecular weight is 445 g/mol. The number of aryl methyl sites for hydroxylation is 3. The molecular formula is C22H24N2O4S2. The second-order valence-electron chi connectivity index (χ2n) is 7.01. The van der Waals surface area contributed by atoms with Crippen LogP contribution in [0, 0.1) is 20.8 Å². The number of benzene rings is 2. The third-order valence-electron chi connectivity index (χ3n) is 4.62. The first-order valence-electron chi connectivity index (χ1n) is 9.31. The van der Waals surface area contributed by atoms with Crippen molar-refractivity contribution in [3.05, 3.63) is 70.6 Å². The third kappa shape index (κ3) is 4.83. The van der Waals surface area contributed by atoms with E-state index in [-0.39, 0.29) is 16.7 Å². The van der Waals surface area contributed by atoms with Gasteiger partial charge in [0.1, 0.15) is 9.96 Å². The van der Waals surface area contributed by atoms with Gasteiger partial charge in [-0.05, 0) is 67.6 Å². The highest BCUT2D eigenvalue weighted by Crippen LogP contribution is 2.27. The number of carbonyl (C=O) groups is 1. The van der Waals surface area contributed by atoms with Gasteiger partial charge in [0.05, 0.1) is 5.69 Å². The zero-order chi connectivity index (χ0) is 21.9. The molecule has 1 N–H and O–H groups in total. The van der Waals surface area contributed by atoms with Crippen LogP contribution in [0.25, 0.3) is 0 Å². The lowest BCUT2D eigenvalue weighted by atomic mass is 10.1. The Morgan fingerprint density at radius 3 is 2.27 bits per heavy atom. The van der Waals surface area contributed by atoms with Crippen LogP contribution < -0.4 is 14.4 Å². The number of carbonyl (C=O) groups excluding carboxylic acids is 1. The number of hydrogen-bond acceptors (Lipinski definition) is 5. The number of sulfonamides is 1. The molecule has 3 aromatic rings. The van der Waals surface area contributed by atoms with Crippen molar-refractivity contribution in [3.8, 4) is 5.75 Å². The molecule has 1 heterocycles. The van der Waals surface area contributed by atoms with E-state index in [0.717, 1.165) is 22.4 Å². The van der Waals surface area contributed by atoms with Crippen molar-refractivity contribution in [2.45, 2.75) is 25.0 Å². The third-order valence-corrected chi connectivity index (χ3v) is 7.78. The van der Waals surface area contributed by atoms with E-state index >= 15 is 0 Å². The summed E-state index contributed by atoms with van der Waals surface area (Å²) in [5.41, 5.74) is 4.45. The molecule has 0 fully saturated rings. The van der Waals surface area contributed by atoms with E-state index < -0.39 is 10.0 Å². The summed E-state index contributed by atoms with van der Waals surface area (Å²) < 4.78 is 32.3. The van der Waals surface area contributed by atoms with Gasteiger partial charge < -0.3 is 10.1 Å². The van der Waals surface area contributed by atoms with Gasteiger partial charge in [-0.3, -0.25) is 9.10 Å². The second kappa shape index (κ2) is 8.89. The molecule has 0 aliphatic carbocycles. The van der Waals surface area contributed by atoms with E-state index in [2.05, 4.69) is 5.32 Å². The zero-order valence-electron chi connectivity index (χ0n) is 17.3. The minimum atomic E-state index is -3.59. The van der Waals surface area contributed by atoms with Crippen LogP contribution in [0.5, 0.6) is 5.75 Å². The molecule has 1 aromatic heterocycles. The van der Waals surface area contributed by atoms with Crippen LogP contribution in [0.1, 0.15) is 16.7 Å². The van der Waals surface area contributed by atoms with Crippen molar-refractivity contribution in [3.63, 3.8) is 0 Å². The molecule has 0 aliphatic rings. The van der Waals surface area contributed by atoms with Crippen molar-refractivity contribution in [2.75, 3.05) is 23.3 Å². The molecule has 0 aliphatic heterocycles. The fourth-order valence-corrected chi connectivity index (χ4v) is 5.49. The monoisotopic (exact) mass is 444 g/mol. The number of hydrogen-bond donors (Lipinski definition) is 1. The maximum absolute atomic E-state index is 12.6. The van der Waals surface area contributed by atoms with Gasteiger partial charge in [-0.1, -0.05) is 23.8 Å². The molecule has 0 saturated carbocycles. The van der Waals surface area contributed by atoms with Crippen LogP contribution >= 0.6 is 11.3 Å². The molecule has 0 bridgehead atoms. The lowest BCUT2D eigenvalue weighted by Gasteiger charge is -2.18. The number of nitrogens with one attached hydrogen (secondary N) is 1. The number of rotatable bonds is 7. The van der Waals surface area contributed by atoms with E-state index in [4.69, 9.17) is 4.74 Å². The van der Waals surface area contributed by atoms with Crippen LogP contribution in [0.4, 0.5) is 11.4 Å². The van der Waals surface area contributed by atoms with Crippen molar-refractivity contribution in [2.24, 2.45) is 0 Å². The Morgan fingerprint density at radius 1 is 1.07 bits per heavy atom. The van der Waals surface area contributed by atoms with Crippen molar-refractivity contribution >= 4 is 38.6 Å². The Morgan fingerprint density at radius 2 is 1.70 bits per heavy atom. The summed E-state index contributed by atoms with van der Waals surface area (Å²) in [6.45, 7) is 5.78. The van der Waals surface area contributed by atoms with Gasteiger partial charge in [0.15, 0.2) is 6.61 Å². The summed E-state index contributed by atoms with van der Waals surface area (Å²) in [5, 5.41) is 4.62. The van der Waals surface area contributed by atoms with Gasteiger partial charge in [-0.2, -0.15) is 0 Å². The average Bonchev–Trinajstić information content (AvgIpc) is 3.25. The molecule has 1 amide bonds. The first kappa shape index (κ1) is 21.9. The van der Waals surface area contributed by atoms with Gasteiger partial charge >= 0.3 is 0 Å². The summed E-state index contributed by atoms with van der Waals surface area (Å²) in [6, 6.07) is 13.9. The molecule has 2 aromatic carbocycles. The highest BCUT2D eigenvalue weighted by molar-refractivity contribution is 7.94. The lowest BCUT2D eigenvalue weighted by Crippen LogP contribution is -2.25.